The van der Waals surface area contributed by atoms with Crippen LogP contribution in [0.2, 0.25) is 0 Å². The van der Waals surface area contributed by atoms with E-state index in [-0.39, 0.29) is 6.61 Å². The Morgan fingerprint density at radius 2 is 1.88 bits per heavy atom. The van der Waals surface area contributed by atoms with E-state index in [1.807, 2.05) is 0 Å². The molecule has 0 unspecified atom stereocenters. The SMILES string of the molecule is CC1(CNCCCOCC(F)(F)F)CCCC1. The summed E-state index contributed by atoms with van der Waals surface area (Å²) < 4.78 is 39.8. The van der Waals surface area contributed by atoms with Crippen LogP contribution in [0, 0.1) is 5.41 Å². The van der Waals surface area contributed by atoms with Gasteiger partial charge in [0.25, 0.3) is 0 Å². The molecule has 0 spiro atoms. The van der Waals surface area contributed by atoms with Crippen LogP contribution in [0.25, 0.3) is 0 Å². The van der Waals surface area contributed by atoms with Crippen molar-refractivity contribution in [3.05, 3.63) is 0 Å². The fourth-order valence-electron chi connectivity index (χ4n) is 2.28. The average molecular weight is 253 g/mol. The third-order valence-corrected chi connectivity index (χ3v) is 3.27. The van der Waals surface area contributed by atoms with Crippen molar-refractivity contribution >= 4 is 0 Å². The Balaban J connectivity index is 1.91. The minimum atomic E-state index is -4.20. The lowest BCUT2D eigenvalue weighted by atomic mass is 9.89. The van der Waals surface area contributed by atoms with Gasteiger partial charge in [0, 0.05) is 13.2 Å². The van der Waals surface area contributed by atoms with E-state index in [0.29, 0.717) is 11.8 Å². The van der Waals surface area contributed by atoms with Crippen LogP contribution >= 0.6 is 0 Å². The molecule has 0 aliphatic heterocycles. The normalized spacial score (nSPS) is 19.8. The van der Waals surface area contributed by atoms with Crippen molar-refractivity contribution in [1.29, 1.82) is 0 Å². The van der Waals surface area contributed by atoms with Gasteiger partial charge in [-0.2, -0.15) is 13.2 Å². The monoisotopic (exact) mass is 253 g/mol. The summed E-state index contributed by atoms with van der Waals surface area (Å²) in [6.45, 7) is 3.00. The Hall–Kier alpha value is -0.290. The third kappa shape index (κ3) is 6.88. The Kier molecular flexibility index (Phi) is 5.73. The Morgan fingerprint density at radius 3 is 2.47 bits per heavy atom. The van der Waals surface area contributed by atoms with Crippen LogP contribution in [0.3, 0.4) is 0 Å². The van der Waals surface area contributed by atoms with Crippen molar-refractivity contribution in [2.24, 2.45) is 5.41 Å². The van der Waals surface area contributed by atoms with Crippen LogP contribution in [0.1, 0.15) is 39.0 Å². The second-order valence-corrected chi connectivity index (χ2v) is 5.22. The smallest absolute Gasteiger partial charge is 0.372 e. The molecular formula is C12H22F3NO. The van der Waals surface area contributed by atoms with Gasteiger partial charge < -0.3 is 10.1 Å². The molecule has 1 N–H and O–H groups in total. The molecule has 0 saturated heterocycles. The highest BCUT2D eigenvalue weighted by molar-refractivity contribution is 4.82. The van der Waals surface area contributed by atoms with E-state index in [1.54, 1.807) is 0 Å². The fourth-order valence-corrected chi connectivity index (χ4v) is 2.28. The maximum absolute atomic E-state index is 11.7. The summed E-state index contributed by atoms with van der Waals surface area (Å²) in [4.78, 5) is 0. The first-order valence-corrected chi connectivity index (χ1v) is 6.27. The molecule has 5 heteroatoms. The number of hydrogen-bond donors (Lipinski definition) is 1. The van der Waals surface area contributed by atoms with Crippen LogP contribution in [0.5, 0.6) is 0 Å². The van der Waals surface area contributed by atoms with Gasteiger partial charge in [0.15, 0.2) is 0 Å². The Morgan fingerprint density at radius 1 is 1.24 bits per heavy atom. The van der Waals surface area contributed by atoms with E-state index < -0.39 is 12.8 Å². The third-order valence-electron chi connectivity index (χ3n) is 3.27. The zero-order chi connectivity index (χ0) is 12.8. The second-order valence-electron chi connectivity index (χ2n) is 5.22. The average Bonchev–Trinajstić information content (AvgIpc) is 2.62. The van der Waals surface area contributed by atoms with Gasteiger partial charge in [0.05, 0.1) is 0 Å². The summed E-state index contributed by atoms with van der Waals surface area (Å²) in [5.41, 5.74) is 0.396. The Bertz CT molecular complexity index is 212. The van der Waals surface area contributed by atoms with Gasteiger partial charge in [-0.15, -0.1) is 0 Å². The fraction of sp³-hybridized carbons (Fsp3) is 1.00. The maximum Gasteiger partial charge on any atom is 0.411 e. The zero-order valence-corrected chi connectivity index (χ0v) is 10.4. The van der Waals surface area contributed by atoms with Gasteiger partial charge in [-0.05, 0) is 31.2 Å². The van der Waals surface area contributed by atoms with Crippen LogP contribution in [-0.2, 0) is 4.74 Å². The van der Waals surface area contributed by atoms with Crippen molar-refractivity contribution < 1.29 is 17.9 Å². The lowest BCUT2D eigenvalue weighted by Crippen LogP contribution is -2.30. The lowest BCUT2D eigenvalue weighted by molar-refractivity contribution is -0.173. The largest absolute Gasteiger partial charge is 0.411 e. The summed E-state index contributed by atoms with van der Waals surface area (Å²) in [6, 6.07) is 0. The summed E-state index contributed by atoms with van der Waals surface area (Å²) in [6.07, 6.45) is 1.53. The highest BCUT2D eigenvalue weighted by Gasteiger charge is 2.28. The van der Waals surface area contributed by atoms with E-state index >= 15 is 0 Å². The summed E-state index contributed by atoms with van der Waals surface area (Å²) in [5, 5.41) is 3.30. The molecule has 0 atom stereocenters. The predicted molar refractivity (Wildman–Crippen MR) is 60.9 cm³/mol. The molecule has 2 nitrogen and oxygen atoms in total. The van der Waals surface area contributed by atoms with Crippen LogP contribution in [0.4, 0.5) is 13.2 Å². The summed E-state index contributed by atoms with van der Waals surface area (Å²) in [5.74, 6) is 0. The highest BCUT2D eigenvalue weighted by Crippen LogP contribution is 2.36. The molecule has 0 bridgehead atoms. The first-order chi connectivity index (χ1) is 7.91. The molecule has 0 aromatic rings. The van der Waals surface area contributed by atoms with Crippen LogP contribution in [0.15, 0.2) is 0 Å². The van der Waals surface area contributed by atoms with Crippen molar-refractivity contribution in [3.63, 3.8) is 0 Å². The van der Waals surface area contributed by atoms with Gasteiger partial charge >= 0.3 is 6.18 Å². The number of alkyl halides is 3. The van der Waals surface area contributed by atoms with Gasteiger partial charge in [-0.3, -0.25) is 0 Å². The highest BCUT2D eigenvalue weighted by atomic mass is 19.4. The molecule has 0 aromatic carbocycles. The van der Waals surface area contributed by atoms with E-state index in [4.69, 9.17) is 0 Å². The molecule has 1 aliphatic rings. The maximum atomic E-state index is 11.7. The van der Waals surface area contributed by atoms with Crippen molar-refractivity contribution in [2.45, 2.75) is 45.2 Å². The number of halogens is 3. The minimum absolute atomic E-state index is 0.170. The van der Waals surface area contributed by atoms with E-state index in [2.05, 4.69) is 17.0 Å². The van der Waals surface area contributed by atoms with Crippen molar-refractivity contribution in [1.82, 2.24) is 5.32 Å². The Labute approximate surface area is 101 Å². The standard InChI is InChI=1S/C12H22F3NO/c1-11(5-2-3-6-11)9-16-7-4-8-17-10-12(13,14)15/h16H,2-10H2,1H3. The summed E-state index contributed by atoms with van der Waals surface area (Å²) >= 11 is 0. The predicted octanol–water partition coefficient (Wildman–Crippen LogP) is 3.13. The molecule has 0 heterocycles. The topological polar surface area (TPSA) is 21.3 Å². The molecule has 17 heavy (non-hydrogen) atoms. The van der Waals surface area contributed by atoms with Gasteiger partial charge in [-0.1, -0.05) is 19.8 Å². The van der Waals surface area contributed by atoms with E-state index in [0.717, 1.165) is 13.1 Å². The van der Waals surface area contributed by atoms with Crippen LogP contribution < -0.4 is 5.32 Å². The molecule has 1 aliphatic carbocycles. The second kappa shape index (κ2) is 6.59. The molecule has 1 saturated carbocycles. The quantitative estimate of drug-likeness (QED) is 0.704. The van der Waals surface area contributed by atoms with Gasteiger partial charge in [-0.25, -0.2) is 0 Å². The summed E-state index contributed by atoms with van der Waals surface area (Å²) in [7, 11) is 0. The van der Waals surface area contributed by atoms with Crippen molar-refractivity contribution in [3.8, 4) is 0 Å². The first kappa shape index (κ1) is 14.8. The molecule has 1 rings (SSSR count). The zero-order valence-electron chi connectivity index (χ0n) is 10.4. The molecule has 0 radical (unpaired) electrons. The number of ether oxygens (including phenoxy) is 1. The molecule has 1 fully saturated rings. The molecule has 102 valence electrons. The van der Waals surface area contributed by atoms with Crippen molar-refractivity contribution in [2.75, 3.05) is 26.3 Å². The minimum Gasteiger partial charge on any atom is -0.372 e. The number of hydrogen-bond acceptors (Lipinski definition) is 2. The number of nitrogens with one attached hydrogen (secondary N) is 1. The molecular weight excluding hydrogens is 231 g/mol. The van der Waals surface area contributed by atoms with Gasteiger partial charge in [0.1, 0.15) is 6.61 Å². The molecule has 0 amide bonds. The first-order valence-electron chi connectivity index (χ1n) is 6.27. The lowest BCUT2D eigenvalue weighted by Gasteiger charge is -2.23. The van der Waals surface area contributed by atoms with Crippen LogP contribution in [-0.4, -0.2) is 32.5 Å². The molecule has 0 aromatic heterocycles. The van der Waals surface area contributed by atoms with E-state index in [1.165, 1.54) is 25.7 Å². The number of rotatable bonds is 7. The van der Waals surface area contributed by atoms with E-state index in [9.17, 15) is 13.2 Å². The van der Waals surface area contributed by atoms with Gasteiger partial charge in [0.2, 0.25) is 0 Å².